The first-order valence-electron chi connectivity index (χ1n) is 12.2. The van der Waals surface area contributed by atoms with Crippen molar-refractivity contribution in [1.29, 1.82) is 0 Å². The summed E-state index contributed by atoms with van der Waals surface area (Å²) in [6, 6.07) is 6.82. The van der Waals surface area contributed by atoms with Gasteiger partial charge in [0.2, 0.25) is 0 Å². The van der Waals surface area contributed by atoms with Crippen molar-refractivity contribution in [2.75, 3.05) is 32.5 Å². The standard InChI is InChI=1S/C27H35N5O5S/c1-27(2,3)37-26(35)30-23-18-38-17-20(23)13-24(33)22-9-8-19(14-28-22)16-32(11-10-31(4)5)25(34)29-15-21-7-6-12-36-21/h6-9,12,14,17-18H,10-11,13,15-16H2,1-5H3,(H,29,34)(H,30,35). The number of aromatic nitrogens is 1. The van der Waals surface area contributed by atoms with E-state index >= 15 is 0 Å². The highest BCUT2D eigenvalue weighted by atomic mass is 32.1. The van der Waals surface area contributed by atoms with E-state index in [4.69, 9.17) is 9.15 Å². The van der Waals surface area contributed by atoms with E-state index in [1.54, 1.807) is 67.8 Å². The summed E-state index contributed by atoms with van der Waals surface area (Å²) < 4.78 is 10.6. The third kappa shape index (κ3) is 9.31. The molecule has 3 aromatic rings. The fourth-order valence-corrected chi connectivity index (χ4v) is 4.20. The molecule has 0 atom stereocenters. The molecule has 11 heteroatoms. The van der Waals surface area contributed by atoms with Crippen LogP contribution in [0.1, 0.15) is 48.1 Å². The Morgan fingerprint density at radius 1 is 1.11 bits per heavy atom. The summed E-state index contributed by atoms with van der Waals surface area (Å²) in [7, 11) is 3.89. The molecule has 0 aliphatic rings. The Hall–Kier alpha value is -3.70. The predicted molar refractivity (Wildman–Crippen MR) is 146 cm³/mol. The molecule has 0 spiro atoms. The molecule has 3 heterocycles. The second-order valence-corrected chi connectivity index (χ2v) is 10.8. The molecular formula is C27H35N5O5S. The molecule has 0 saturated heterocycles. The second kappa shape index (κ2) is 13.2. The van der Waals surface area contributed by atoms with E-state index in [9.17, 15) is 14.4 Å². The molecule has 3 aromatic heterocycles. The maximum absolute atomic E-state index is 12.9. The number of hydrogen-bond donors (Lipinski definition) is 2. The van der Waals surface area contributed by atoms with Gasteiger partial charge in [0.1, 0.15) is 17.1 Å². The molecule has 0 aliphatic heterocycles. The van der Waals surface area contributed by atoms with Crippen LogP contribution in [-0.2, 0) is 24.2 Å². The Kier molecular flexibility index (Phi) is 10.0. The van der Waals surface area contributed by atoms with E-state index in [2.05, 4.69) is 15.6 Å². The Morgan fingerprint density at radius 3 is 2.53 bits per heavy atom. The molecule has 0 fully saturated rings. The summed E-state index contributed by atoms with van der Waals surface area (Å²) in [4.78, 5) is 45.9. The van der Waals surface area contributed by atoms with Crippen LogP contribution in [0.15, 0.2) is 51.9 Å². The zero-order chi connectivity index (χ0) is 27.7. The predicted octanol–water partition coefficient (Wildman–Crippen LogP) is 4.78. The van der Waals surface area contributed by atoms with Crippen LogP contribution in [0.25, 0.3) is 0 Å². The summed E-state index contributed by atoms with van der Waals surface area (Å²) in [5.74, 6) is 0.494. The van der Waals surface area contributed by atoms with E-state index in [0.29, 0.717) is 48.9 Å². The summed E-state index contributed by atoms with van der Waals surface area (Å²) >= 11 is 1.39. The number of ether oxygens (including phenoxy) is 1. The number of pyridine rings is 1. The number of nitrogens with zero attached hydrogens (tertiary/aromatic N) is 3. The Bertz CT molecular complexity index is 1200. The number of furan rings is 1. The average molecular weight is 542 g/mol. The van der Waals surface area contributed by atoms with Gasteiger partial charge < -0.3 is 24.3 Å². The minimum absolute atomic E-state index is 0.0884. The molecule has 0 aliphatic carbocycles. The van der Waals surface area contributed by atoms with Crippen LogP contribution in [0.3, 0.4) is 0 Å². The van der Waals surface area contributed by atoms with E-state index in [0.717, 1.165) is 5.56 Å². The van der Waals surface area contributed by atoms with Crippen LogP contribution in [-0.4, -0.2) is 65.5 Å². The summed E-state index contributed by atoms with van der Waals surface area (Å²) in [6.07, 6.45) is 2.70. The van der Waals surface area contributed by atoms with Crippen LogP contribution >= 0.6 is 11.3 Å². The molecule has 3 amide bonds. The van der Waals surface area contributed by atoms with Crippen LogP contribution in [0.4, 0.5) is 15.3 Å². The van der Waals surface area contributed by atoms with Crippen molar-refractivity contribution in [3.63, 3.8) is 0 Å². The fourth-order valence-electron chi connectivity index (χ4n) is 3.41. The van der Waals surface area contributed by atoms with Crippen LogP contribution in [0.2, 0.25) is 0 Å². The van der Waals surface area contributed by atoms with Crippen molar-refractivity contribution in [2.24, 2.45) is 0 Å². The highest BCUT2D eigenvalue weighted by Crippen LogP contribution is 2.23. The number of hydrogen-bond acceptors (Lipinski definition) is 8. The van der Waals surface area contributed by atoms with Gasteiger partial charge in [0, 0.05) is 37.6 Å². The van der Waals surface area contributed by atoms with E-state index in [1.165, 1.54) is 11.3 Å². The maximum Gasteiger partial charge on any atom is 0.412 e. The summed E-state index contributed by atoms with van der Waals surface area (Å²) in [5, 5.41) is 9.17. The number of nitrogens with one attached hydrogen (secondary N) is 2. The lowest BCUT2D eigenvalue weighted by atomic mass is 10.1. The minimum atomic E-state index is -0.621. The van der Waals surface area contributed by atoms with Crippen molar-refractivity contribution in [3.05, 3.63) is 70.1 Å². The molecule has 10 nitrogen and oxygen atoms in total. The van der Waals surface area contributed by atoms with Crippen molar-refractivity contribution < 1.29 is 23.5 Å². The van der Waals surface area contributed by atoms with Crippen LogP contribution in [0, 0.1) is 0 Å². The van der Waals surface area contributed by atoms with Crippen molar-refractivity contribution in [3.8, 4) is 0 Å². The van der Waals surface area contributed by atoms with Gasteiger partial charge in [-0.1, -0.05) is 6.07 Å². The maximum atomic E-state index is 12.9. The molecule has 204 valence electrons. The first kappa shape index (κ1) is 28.9. The first-order valence-corrected chi connectivity index (χ1v) is 13.2. The van der Waals surface area contributed by atoms with Crippen molar-refractivity contribution in [2.45, 2.75) is 45.9 Å². The average Bonchev–Trinajstić information content (AvgIpc) is 3.51. The second-order valence-electron chi connectivity index (χ2n) is 10.1. The van der Waals surface area contributed by atoms with Gasteiger partial charge in [-0.25, -0.2) is 9.59 Å². The molecule has 0 radical (unpaired) electrons. The highest BCUT2D eigenvalue weighted by Gasteiger charge is 2.20. The molecular weight excluding hydrogens is 506 g/mol. The number of Topliss-reactive ketones (excluding diaryl/α,β-unsaturated/α-hetero) is 1. The Labute approximate surface area is 227 Å². The fraction of sp³-hybridized carbons (Fsp3) is 0.407. The van der Waals surface area contributed by atoms with E-state index in [1.807, 2.05) is 24.4 Å². The Morgan fingerprint density at radius 2 is 1.89 bits per heavy atom. The number of thiophene rings is 1. The van der Waals surface area contributed by atoms with Crippen LogP contribution in [0.5, 0.6) is 0 Å². The molecule has 0 bridgehead atoms. The van der Waals surface area contributed by atoms with E-state index < -0.39 is 11.7 Å². The molecule has 2 N–H and O–H groups in total. The van der Waals surface area contributed by atoms with Gasteiger partial charge in [0.25, 0.3) is 0 Å². The number of rotatable bonds is 11. The van der Waals surface area contributed by atoms with Gasteiger partial charge in [-0.15, -0.1) is 11.3 Å². The minimum Gasteiger partial charge on any atom is -0.467 e. The molecule has 3 rings (SSSR count). The molecule has 0 unspecified atom stereocenters. The summed E-state index contributed by atoms with van der Waals surface area (Å²) in [5.41, 5.74) is 1.73. The smallest absolute Gasteiger partial charge is 0.412 e. The van der Waals surface area contributed by atoms with Gasteiger partial charge in [-0.05, 0) is 69.6 Å². The summed E-state index contributed by atoms with van der Waals surface area (Å²) in [6.45, 7) is 7.21. The number of likely N-dealkylation sites (N-methyl/N-ethyl adjacent to an activating group) is 1. The van der Waals surface area contributed by atoms with Crippen LogP contribution < -0.4 is 10.6 Å². The monoisotopic (exact) mass is 541 g/mol. The van der Waals surface area contributed by atoms with Gasteiger partial charge in [-0.3, -0.25) is 15.1 Å². The molecule has 38 heavy (non-hydrogen) atoms. The number of anilines is 1. The van der Waals surface area contributed by atoms with Gasteiger partial charge in [0.05, 0.1) is 18.5 Å². The zero-order valence-electron chi connectivity index (χ0n) is 22.4. The van der Waals surface area contributed by atoms with Gasteiger partial charge in [0.15, 0.2) is 5.78 Å². The number of ketones is 1. The largest absolute Gasteiger partial charge is 0.467 e. The first-order chi connectivity index (χ1) is 18.0. The third-order valence-electron chi connectivity index (χ3n) is 5.31. The number of carbonyl (C=O) groups is 3. The van der Waals surface area contributed by atoms with Crippen molar-refractivity contribution >= 4 is 34.9 Å². The normalized spacial score (nSPS) is 11.3. The lowest BCUT2D eigenvalue weighted by Gasteiger charge is -2.24. The lowest BCUT2D eigenvalue weighted by Crippen LogP contribution is -2.42. The van der Waals surface area contributed by atoms with Gasteiger partial charge >= 0.3 is 12.1 Å². The molecule has 0 aromatic carbocycles. The highest BCUT2D eigenvalue weighted by molar-refractivity contribution is 7.08. The zero-order valence-corrected chi connectivity index (χ0v) is 23.3. The number of urea groups is 1. The topological polar surface area (TPSA) is 117 Å². The SMILES string of the molecule is CN(C)CCN(Cc1ccc(C(=O)Cc2cscc2NC(=O)OC(C)(C)C)nc1)C(=O)NCc1ccco1. The third-order valence-corrected chi connectivity index (χ3v) is 6.10. The lowest BCUT2D eigenvalue weighted by molar-refractivity contribution is 0.0635. The van der Waals surface area contributed by atoms with Gasteiger partial charge in [-0.2, -0.15) is 0 Å². The number of amides is 3. The molecule has 0 saturated carbocycles. The quantitative estimate of drug-likeness (QED) is 0.336. The Balaban J connectivity index is 1.60. The number of carbonyl (C=O) groups excluding carboxylic acids is 3. The van der Waals surface area contributed by atoms with E-state index in [-0.39, 0.29) is 18.2 Å². The van der Waals surface area contributed by atoms with Crippen molar-refractivity contribution in [1.82, 2.24) is 20.1 Å².